The summed E-state index contributed by atoms with van der Waals surface area (Å²) in [6.45, 7) is 0.469. The van der Waals surface area contributed by atoms with Crippen LogP contribution in [0, 0.1) is 0 Å². The molecule has 1 aromatic rings. The van der Waals surface area contributed by atoms with Crippen LogP contribution in [0.25, 0.3) is 0 Å². The normalized spacial score (nSPS) is 18.9. The molecule has 0 radical (unpaired) electrons. The lowest BCUT2D eigenvalue weighted by Crippen LogP contribution is -2.40. The van der Waals surface area contributed by atoms with Crippen LogP contribution in [0.5, 0.6) is 0 Å². The number of carboxylic acid groups (broad SMARTS) is 1. The topological polar surface area (TPSA) is 83.6 Å². The number of rotatable bonds is 2. The molecule has 0 bridgehead atoms. The Morgan fingerprint density at radius 1 is 1.44 bits per heavy atom. The van der Waals surface area contributed by atoms with Crippen LogP contribution < -0.4 is 5.73 Å². The molecule has 6 heteroatoms. The summed E-state index contributed by atoms with van der Waals surface area (Å²) in [7, 11) is 0. The number of hydrogen-bond acceptors (Lipinski definition) is 3. The predicted molar refractivity (Wildman–Crippen MR) is 70.2 cm³/mol. The van der Waals surface area contributed by atoms with Gasteiger partial charge in [0.05, 0.1) is 5.56 Å². The van der Waals surface area contributed by atoms with Crippen LogP contribution in [0.4, 0.5) is 5.69 Å². The van der Waals surface area contributed by atoms with Crippen molar-refractivity contribution >= 4 is 33.5 Å². The van der Waals surface area contributed by atoms with E-state index in [-0.39, 0.29) is 5.91 Å². The van der Waals surface area contributed by atoms with E-state index in [0.717, 1.165) is 0 Å². The highest BCUT2D eigenvalue weighted by Gasteiger charge is 2.34. The van der Waals surface area contributed by atoms with Crippen molar-refractivity contribution in [3.05, 3.63) is 28.2 Å². The van der Waals surface area contributed by atoms with Gasteiger partial charge < -0.3 is 15.7 Å². The zero-order valence-corrected chi connectivity index (χ0v) is 11.2. The molecule has 2 rings (SSSR count). The number of nitrogens with two attached hydrogens (primary N) is 1. The minimum Gasteiger partial charge on any atom is -0.480 e. The van der Waals surface area contributed by atoms with Crippen molar-refractivity contribution in [1.82, 2.24) is 4.90 Å². The average molecular weight is 313 g/mol. The van der Waals surface area contributed by atoms with Crippen LogP contribution in [0.15, 0.2) is 22.7 Å². The maximum atomic E-state index is 12.3. The van der Waals surface area contributed by atoms with Gasteiger partial charge in [0.25, 0.3) is 5.91 Å². The number of carboxylic acids is 1. The fourth-order valence-electron chi connectivity index (χ4n) is 2.13. The monoisotopic (exact) mass is 312 g/mol. The van der Waals surface area contributed by atoms with Gasteiger partial charge >= 0.3 is 5.97 Å². The number of likely N-dealkylation sites (tertiary alicyclic amines) is 1. The summed E-state index contributed by atoms with van der Waals surface area (Å²) in [4.78, 5) is 24.8. The van der Waals surface area contributed by atoms with Crippen LogP contribution in [-0.4, -0.2) is 34.5 Å². The Balaban J connectivity index is 2.31. The third-order valence-electron chi connectivity index (χ3n) is 3.02. The molecular formula is C12H13BrN2O3. The Labute approximate surface area is 113 Å². The van der Waals surface area contributed by atoms with Gasteiger partial charge in [-0.25, -0.2) is 4.79 Å². The molecule has 1 heterocycles. The van der Waals surface area contributed by atoms with Crippen molar-refractivity contribution in [3.8, 4) is 0 Å². The van der Waals surface area contributed by atoms with E-state index in [4.69, 9.17) is 10.8 Å². The van der Waals surface area contributed by atoms with Gasteiger partial charge in [0.15, 0.2) is 0 Å². The van der Waals surface area contributed by atoms with Crippen molar-refractivity contribution in [2.75, 3.05) is 12.3 Å². The van der Waals surface area contributed by atoms with E-state index in [0.29, 0.717) is 35.1 Å². The Morgan fingerprint density at radius 2 is 2.17 bits per heavy atom. The third-order valence-corrected chi connectivity index (χ3v) is 3.71. The van der Waals surface area contributed by atoms with E-state index < -0.39 is 12.0 Å². The molecule has 18 heavy (non-hydrogen) atoms. The van der Waals surface area contributed by atoms with Crippen LogP contribution in [0.3, 0.4) is 0 Å². The van der Waals surface area contributed by atoms with Crippen LogP contribution in [0.2, 0.25) is 0 Å². The fraction of sp³-hybridized carbons (Fsp3) is 0.333. The van der Waals surface area contributed by atoms with Gasteiger partial charge in [-0.1, -0.05) is 0 Å². The molecule has 96 valence electrons. The Kier molecular flexibility index (Phi) is 3.56. The number of carbonyl (C=O) groups excluding carboxylic acids is 1. The smallest absolute Gasteiger partial charge is 0.326 e. The van der Waals surface area contributed by atoms with Crippen molar-refractivity contribution in [1.29, 1.82) is 0 Å². The molecule has 1 unspecified atom stereocenters. The number of anilines is 1. The van der Waals surface area contributed by atoms with Gasteiger partial charge in [0.1, 0.15) is 6.04 Å². The van der Waals surface area contributed by atoms with Gasteiger partial charge in [-0.15, -0.1) is 0 Å². The maximum Gasteiger partial charge on any atom is 0.326 e. The largest absolute Gasteiger partial charge is 0.480 e. The second kappa shape index (κ2) is 4.97. The van der Waals surface area contributed by atoms with E-state index in [2.05, 4.69) is 15.9 Å². The minimum atomic E-state index is -0.958. The van der Waals surface area contributed by atoms with E-state index in [1.807, 2.05) is 0 Å². The second-order valence-corrected chi connectivity index (χ2v) is 5.09. The van der Waals surface area contributed by atoms with Gasteiger partial charge in [-0.3, -0.25) is 4.79 Å². The molecule has 1 fully saturated rings. The third kappa shape index (κ3) is 2.33. The summed E-state index contributed by atoms with van der Waals surface area (Å²) < 4.78 is 0.623. The fourth-order valence-corrected chi connectivity index (χ4v) is 2.54. The van der Waals surface area contributed by atoms with Crippen molar-refractivity contribution < 1.29 is 14.7 Å². The Morgan fingerprint density at radius 3 is 2.83 bits per heavy atom. The zero-order valence-electron chi connectivity index (χ0n) is 9.60. The van der Waals surface area contributed by atoms with Crippen LogP contribution in [-0.2, 0) is 4.79 Å². The molecule has 1 saturated heterocycles. The zero-order chi connectivity index (χ0) is 13.3. The summed E-state index contributed by atoms with van der Waals surface area (Å²) in [5.41, 5.74) is 6.54. The Bertz CT molecular complexity index is 504. The number of hydrogen-bond donors (Lipinski definition) is 2. The molecule has 3 N–H and O–H groups in total. The number of halogens is 1. The molecule has 1 atom stereocenters. The van der Waals surface area contributed by atoms with E-state index in [9.17, 15) is 9.59 Å². The number of carbonyl (C=O) groups is 2. The van der Waals surface area contributed by atoms with Gasteiger partial charge in [-0.2, -0.15) is 0 Å². The summed E-state index contributed by atoms with van der Waals surface area (Å²) in [5, 5.41) is 9.07. The highest BCUT2D eigenvalue weighted by molar-refractivity contribution is 9.10. The lowest BCUT2D eigenvalue weighted by atomic mass is 10.1. The highest BCUT2D eigenvalue weighted by Crippen LogP contribution is 2.25. The summed E-state index contributed by atoms with van der Waals surface area (Å²) in [6.07, 6.45) is 1.21. The molecule has 1 aromatic carbocycles. The lowest BCUT2D eigenvalue weighted by molar-refractivity contribution is -0.141. The first kappa shape index (κ1) is 12.9. The van der Waals surface area contributed by atoms with E-state index in [1.165, 1.54) is 4.90 Å². The molecule has 0 aromatic heterocycles. The lowest BCUT2D eigenvalue weighted by Gasteiger charge is -2.22. The molecule has 1 aliphatic heterocycles. The Hall–Kier alpha value is -1.56. The highest BCUT2D eigenvalue weighted by atomic mass is 79.9. The number of nitrogen functional groups attached to an aromatic ring is 1. The van der Waals surface area contributed by atoms with Crippen LogP contribution >= 0.6 is 15.9 Å². The van der Waals surface area contributed by atoms with E-state index >= 15 is 0 Å². The maximum absolute atomic E-state index is 12.3. The first-order valence-electron chi connectivity index (χ1n) is 5.59. The van der Waals surface area contributed by atoms with Crippen molar-refractivity contribution in [2.24, 2.45) is 0 Å². The minimum absolute atomic E-state index is 0.293. The predicted octanol–water partition coefficient (Wildman–Crippen LogP) is 1.72. The van der Waals surface area contributed by atoms with Gasteiger partial charge in [0.2, 0.25) is 0 Å². The first-order valence-corrected chi connectivity index (χ1v) is 6.39. The SMILES string of the molecule is Nc1ccc(Br)c(C(=O)N2CCCC2C(=O)O)c1. The molecular weight excluding hydrogens is 300 g/mol. The summed E-state index contributed by atoms with van der Waals surface area (Å²) in [5.74, 6) is -1.25. The molecule has 1 amide bonds. The molecule has 0 aliphatic carbocycles. The molecule has 1 aliphatic rings. The van der Waals surface area contributed by atoms with E-state index in [1.54, 1.807) is 18.2 Å². The summed E-state index contributed by atoms with van der Waals surface area (Å²) >= 11 is 3.28. The average Bonchev–Trinajstić information content (AvgIpc) is 2.80. The number of aliphatic carboxylic acids is 1. The molecule has 5 nitrogen and oxygen atoms in total. The van der Waals surface area contributed by atoms with Crippen molar-refractivity contribution in [3.63, 3.8) is 0 Å². The van der Waals surface area contributed by atoms with Gasteiger partial charge in [0, 0.05) is 16.7 Å². The first-order chi connectivity index (χ1) is 8.50. The standard InChI is InChI=1S/C12H13BrN2O3/c13-9-4-3-7(14)6-8(9)11(16)15-5-1-2-10(15)12(17)18/h3-4,6,10H,1-2,5,14H2,(H,17,18). The van der Waals surface area contributed by atoms with Crippen LogP contribution in [0.1, 0.15) is 23.2 Å². The number of benzene rings is 1. The molecule has 0 spiro atoms. The second-order valence-electron chi connectivity index (χ2n) is 4.23. The molecule has 0 saturated carbocycles. The summed E-state index contributed by atoms with van der Waals surface area (Å²) in [6, 6.07) is 4.20. The number of nitrogens with zero attached hydrogens (tertiary/aromatic N) is 1. The number of amides is 1. The van der Waals surface area contributed by atoms with Gasteiger partial charge in [-0.05, 0) is 47.0 Å². The quantitative estimate of drug-likeness (QED) is 0.814. The van der Waals surface area contributed by atoms with Crippen molar-refractivity contribution in [2.45, 2.75) is 18.9 Å².